The molecule has 0 saturated carbocycles. The minimum atomic E-state index is 0.653. The van der Waals surface area contributed by atoms with E-state index in [4.69, 9.17) is 9.97 Å². The molecule has 0 aliphatic heterocycles. The zero-order chi connectivity index (χ0) is 31.3. The highest BCUT2D eigenvalue weighted by atomic mass is 15.2. The maximum absolute atomic E-state index is 5.46. The summed E-state index contributed by atoms with van der Waals surface area (Å²) in [5, 5.41) is 12.7. The number of hydrogen-bond donors (Lipinski definition) is 0. The lowest BCUT2D eigenvalue weighted by atomic mass is 9.98. The summed E-state index contributed by atoms with van der Waals surface area (Å²) in [7, 11) is 0. The predicted molar refractivity (Wildman–Crippen MR) is 199 cm³/mol. The third kappa shape index (κ3) is 3.27. The Morgan fingerprint density at radius 2 is 0.979 bits per heavy atom. The third-order valence-electron chi connectivity index (χ3n) is 10.0. The van der Waals surface area contributed by atoms with Crippen molar-refractivity contribution in [3.63, 3.8) is 0 Å². The van der Waals surface area contributed by atoms with Gasteiger partial charge in [0.2, 0.25) is 5.95 Å². The highest BCUT2D eigenvalue weighted by molar-refractivity contribution is 6.36. The van der Waals surface area contributed by atoms with Crippen molar-refractivity contribution in [3.05, 3.63) is 152 Å². The Balaban J connectivity index is 1.40. The maximum Gasteiger partial charge on any atom is 0.235 e. The molecule has 48 heavy (non-hydrogen) atoms. The molecule has 7 aromatic carbocycles. The summed E-state index contributed by atoms with van der Waals surface area (Å²) in [6, 6.07) is 47.3. The van der Waals surface area contributed by atoms with Gasteiger partial charge in [-0.15, -0.1) is 0 Å². The summed E-state index contributed by atoms with van der Waals surface area (Å²) in [5.74, 6) is 0.653. The Kier molecular flexibility index (Phi) is 5.05. The fraction of sp³-hybridized carbons (Fsp3) is 0. The Labute approximate surface area is 273 Å². The molecule has 0 fully saturated rings. The molecule has 0 aliphatic rings. The molecule has 0 aliphatic carbocycles. The Bertz CT molecular complexity index is 3080. The van der Waals surface area contributed by atoms with Crippen molar-refractivity contribution in [2.75, 3.05) is 0 Å². The second kappa shape index (κ2) is 9.47. The van der Waals surface area contributed by atoms with Crippen molar-refractivity contribution in [1.82, 2.24) is 24.1 Å². The average molecular weight is 612 g/mol. The van der Waals surface area contributed by atoms with E-state index in [9.17, 15) is 0 Å². The summed E-state index contributed by atoms with van der Waals surface area (Å²) in [6.07, 6.45) is 5.94. The summed E-state index contributed by atoms with van der Waals surface area (Å²) in [4.78, 5) is 15.3. The van der Waals surface area contributed by atoms with Crippen LogP contribution in [-0.2, 0) is 0 Å². The number of para-hydroxylation sites is 3. The van der Waals surface area contributed by atoms with Gasteiger partial charge in [0.1, 0.15) is 0 Å². The van der Waals surface area contributed by atoms with Crippen molar-refractivity contribution in [3.8, 4) is 11.6 Å². The number of benzene rings is 7. The molecule has 11 aromatic rings. The topological polar surface area (TPSA) is 48.5 Å². The highest BCUT2D eigenvalue weighted by Crippen LogP contribution is 2.46. The zero-order valence-electron chi connectivity index (χ0n) is 25.7. The van der Waals surface area contributed by atoms with E-state index in [-0.39, 0.29) is 0 Å². The van der Waals surface area contributed by atoms with Crippen LogP contribution >= 0.6 is 0 Å². The van der Waals surface area contributed by atoms with Crippen LogP contribution in [-0.4, -0.2) is 24.1 Å². The second-order valence-corrected chi connectivity index (χ2v) is 12.4. The summed E-state index contributed by atoms with van der Waals surface area (Å²) >= 11 is 0. The van der Waals surface area contributed by atoms with Crippen LogP contribution in [0, 0.1) is 0 Å². The molecular weight excluding hydrogens is 587 g/mol. The lowest BCUT2D eigenvalue weighted by Crippen LogP contribution is -2.02. The third-order valence-corrected chi connectivity index (χ3v) is 10.0. The van der Waals surface area contributed by atoms with Gasteiger partial charge < -0.3 is 4.57 Å². The van der Waals surface area contributed by atoms with Crippen molar-refractivity contribution in [2.45, 2.75) is 0 Å². The molecule has 0 unspecified atom stereocenters. The fourth-order valence-electron chi connectivity index (χ4n) is 8.10. The maximum atomic E-state index is 5.46. The van der Waals surface area contributed by atoms with Crippen molar-refractivity contribution in [1.29, 1.82) is 0 Å². The molecule has 0 spiro atoms. The van der Waals surface area contributed by atoms with Crippen LogP contribution in [0.5, 0.6) is 0 Å². The number of fused-ring (bicyclic) bond motifs is 16. The van der Waals surface area contributed by atoms with Crippen LogP contribution in [0.1, 0.15) is 0 Å². The van der Waals surface area contributed by atoms with E-state index >= 15 is 0 Å². The van der Waals surface area contributed by atoms with E-state index in [2.05, 4.69) is 148 Å². The van der Waals surface area contributed by atoms with Crippen LogP contribution in [0.15, 0.2) is 152 Å². The summed E-state index contributed by atoms with van der Waals surface area (Å²) < 4.78 is 4.68. The van der Waals surface area contributed by atoms with E-state index in [0.717, 1.165) is 71.0 Å². The minimum absolute atomic E-state index is 0.653. The van der Waals surface area contributed by atoms with E-state index in [0.29, 0.717) is 5.95 Å². The molecular formula is C43H25N5. The number of aromatic nitrogens is 5. The number of pyridine rings is 1. The van der Waals surface area contributed by atoms with Gasteiger partial charge in [-0.05, 0) is 51.9 Å². The monoisotopic (exact) mass is 611 g/mol. The van der Waals surface area contributed by atoms with Crippen LogP contribution in [0.25, 0.3) is 98.5 Å². The normalized spacial score (nSPS) is 12.2. The van der Waals surface area contributed by atoms with Crippen LogP contribution in [0.2, 0.25) is 0 Å². The van der Waals surface area contributed by atoms with E-state index < -0.39 is 0 Å². The molecule has 0 radical (unpaired) electrons. The largest absolute Gasteiger partial charge is 0.308 e. The molecule has 4 aromatic heterocycles. The number of hydrogen-bond acceptors (Lipinski definition) is 3. The molecule has 222 valence electrons. The Morgan fingerprint density at radius 1 is 0.396 bits per heavy atom. The zero-order valence-corrected chi connectivity index (χ0v) is 25.7. The van der Waals surface area contributed by atoms with Crippen LogP contribution in [0.3, 0.4) is 0 Å². The predicted octanol–water partition coefficient (Wildman–Crippen LogP) is 10.7. The highest BCUT2D eigenvalue weighted by Gasteiger charge is 2.25. The standard InChI is InChI=1S/C43H25N5/c1-2-12-26(13-3-1)47-36-20-10-9-19-33(36)39-41(47)35-24-44-23-22-30(35)38-32-18-8-11-21-37(32)48(42(38)39)43-45-25-34-29-16-5-4-14-27(29)28-15-6-7-17-31(28)40(34)46-43/h1-25H. The number of rotatable bonds is 2. The van der Waals surface area contributed by atoms with Crippen LogP contribution < -0.4 is 0 Å². The molecule has 5 heteroatoms. The minimum Gasteiger partial charge on any atom is -0.308 e. The van der Waals surface area contributed by atoms with Gasteiger partial charge in [0.25, 0.3) is 0 Å². The van der Waals surface area contributed by atoms with Crippen LogP contribution in [0.4, 0.5) is 0 Å². The van der Waals surface area contributed by atoms with Gasteiger partial charge in [0, 0.05) is 62.0 Å². The van der Waals surface area contributed by atoms with E-state index in [1.165, 1.54) is 21.5 Å². The molecule has 0 amide bonds. The first-order valence-electron chi connectivity index (χ1n) is 16.2. The Hall–Kier alpha value is -6.59. The van der Waals surface area contributed by atoms with Gasteiger partial charge in [-0.3, -0.25) is 9.55 Å². The first kappa shape index (κ1) is 25.6. The van der Waals surface area contributed by atoms with E-state index in [1.807, 2.05) is 18.6 Å². The van der Waals surface area contributed by atoms with Crippen molar-refractivity contribution < 1.29 is 0 Å². The van der Waals surface area contributed by atoms with Crippen molar-refractivity contribution >= 4 is 86.8 Å². The van der Waals surface area contributed by atoms with Gasteiger partial charge >= 0.3 is 0 Å². The smallest absolute Gasteiger partial charge is 0.235 e. The lowest BCUT2D eigenvalue weighted by Gasteiger charge is -2.13. The second-order valence-electron chi connectivity index (χ2n) is 12.4. The lowest BCUT2D eigenvalue weighted by molar-refractivity contribution is 1.02. The first-order valence-corrected chi connectivity index (χ1v) is 16.2. The first-order chi connectivity index (χ1) is 23.9. The Morgan fingerprint density at radius 3 is 1.73 bits per heavy atom. The fourth-order valence-corrected chi connectivity index (χ4v) is 8.10. The van der Waals surface area contributed by atoms with Gasteiger partial charge in [-0.1, -0.05) is 103 Å². The quantitative estimate of drug-likeness (QED) is 0.183. The summed E-state index contributed by atoms with van der Waals surface area (Å²) in [5.41, 5.74) is 6.49. The molecule has 11 rings (SSSR count). The van der Waals surface area contributed by atoms with E-state index in [1.54, 1.807) is 0 Å². The SMILES string of the molecule is c1ccc(-n2c3ccccc3c3c2c2cnccc2c2c4ccccc4n(-c4ncc5c6ccccc6c6ccccc6c5n4)c23)cc1. The molecule has 5 nitrogen and oxygen atoms in total. The van der Waals surface area contributed by atoms with Gasteiger partial charge in [-0.2, -0.15) is 0 Å². The molecule has 4 heterocycles. The molecule has 0 bridgehead atoms. The van der Waals surface area contributed by atoms with Crippen molar-refractivity contribution in [2.24, 2.45) is 0 Å². The van der Waals surface area contributed by atoms with Gasteiger partial charge in [-0.25, -0.2) is 9.97 Å². The molecule has 0 saturated heterocycles. The molecule has 0 atom stereocenters. The average Bonchev–Trinajstić information content (AvgIpc) is 3.69. The van der Waals surface area contributed by atoms with Gasteiger partial charge in [0.15, 0.2) is 0 Å². The van der Waals surface area contributed by atoms with Gasteiger partial charge in [0.05, 0.1) is 27.6 Å². The molecule has 0 N–H and O–H groups in total. The summed E-state index contributed by atoms with van der Waals surface area (Å²) in [6.45, 7) is 0. The number of nitrogens with zero attached hydrogens (tertiary/aromatic N) is 5.